The van der Waals surface area contributed by atoms with E-state index in [1.165, 1.54) is 42.8 Å². The van der Waals surface area contributed by atoms with Crippen LogP contribution in [0.3, 0.4) is 0 Å². The summed E-state index contributed by atoms with van der Waals surface area (Å²) >= 11 is 0. The van der Waals surface area contributed by atoms with Gasteiger partial charge in [0.2, 0.25) is 0 Å². The van der Waals surface area contributed by atoms with Crippen LogP contribution in [0, 0.1) is 5.82 Å². The van der Waals surface area contributed by atoms with E-state index in [-0.39, 0.29) is 5.82 Å². The summed E-state index contributed by atoms with van der Waals surface area (Å²) in [7, 11) is 4.39. The van der Waals surface area contributed by atoms with E-state index in [2.05, 4.69) is 28.6 Å². The maximum absolute atomic E-state index is 13.3. The Balaban J connectivity index is 1.63. The Morgan fingerprint density at radius 2 is 1.96 bits per heavy atom. The molecule has 0 saturated carbocycles. The number of likely N-dealkylation sites (tertiary alicyclic amines) is 1. The van der Waals surface area contributed by atoms with Crippen molar-refractivity contribution >= 4 is 0 Å². The van der Waals surface area contributed by atoms with Gasteiger partial charge in [0.1, 0.15) is 5.82 Å². The van der Waals surface area contributed by atoms with Crippen LogP contribution in [0.1, 0.15) is 30.5 Å². The summed E-state index contributed by atoms with van der Waals surface area (Å²) in [4.78, 5) is 4.82. The minimum atomic E-state index is -0.196. The monoisotopic (exact) mass is 342 g/mol. The maximum Gasteiger partial charge on any atom is 0.123 e. The van der Waals surface area contributed by atoms with Crippen LogP contribution in [0.5, 0.6) is 0 Å². The zero-order valence-electron chi connectivity index (χ0n) is 15.2. The summed E-state index contributed by atoms with van der Waals surface area (Å²) in [5.41, 5.74) is 4.74. The number of halogens is 1. The predicted octanol–water partition coefficient (Wildman–Crippen LogP) is 3.16. The van der Waals surface area contributed by atoms with Gasteiger partial charge >= 0.3 is 0 Å². The predicted molar refractivity (Wildman–Crippen MR) is 97.9 cm³/mol. The number of fused-ring (bicyclic) bond motifs is 1. The van der Waals surface area contributed by atoms with E-state index in [1.807, 2.05) is 12.1 Å². The van der Waals surface area contributed by atoms with Crippen LogP contribution in [-0.2, 0) is 19.5 Å². The van der Waals surface area contributed by atoms with Crippen molar-refractivity contribution in [2.75, 3.05) is 27.2 Å². The highest BCUT2D eigenvalue weighted by atomic mass is 19.1. The first-order chi connectivity index (χ1) is 12.1. The van der Waals surface area contributed by atoms with Crippen LogP contribution >= 0.6 is 0 Å². The molecule has 1 unspecified atom stereocenters. The summed E-state index contributed by atoms with van der Waals surface area (Å²) in [6.45, 7) is 4.19. The van der Waals surface area contributed by atoms with Gasteiger partial charge in [0.05, 0.1) is 5.69 Å². The summed E-state index contributed by atoms with van der Waals surface area (Å²) < 4.78 is 15.5. The van der Waals surface area contributed by atoms with Gasteiger partial charge in [-0.3, -0.25) is 4.68 Å². The number of hydrogen-bond acceptors (Lipinski definition) is 3. The normalized spacial score (nSPS) is 21.6. The highest BCUT2D eigenvalue weighted by Gasteiger charge is 2.26. The van der Waals surface area contributed by atoms with E-state index in [1.54, 1.807) is 0 Å². The number of benzene rings is 1. The lowest BCUT2D eigenvalue weighted by molar-refractivity contribution is 0.277. The molecule has 1 saturated heterocycles. The maximum atomic E-state index is 13.3. The number of nitrogens with zero attached hydrogens (tertiary/aromatic N) is 4. The molecule has 0 amide bonds. The zero-order valence-corrected chi connectivity index (χ0v) is 15.2. The van der Waals surface area contributed by atoms with Crippen molar-refractivity contribution in [1.29, 1.82) is 0 Å². The molecule has 5 heteroatoms. The summed E-state index contributed by atoms with van der Waals surface area (Å²) in [5, 5.41) is 4.96. The Kier molecular flexibility index (Phi) is 4.61. The molecule has 3 heterocycles. The fourth-order valence-corrected chi connectivity index (χ4v) is 4.27. The minimum absolute atomic E-state index is 0.196. The molecular weight excluding hydrogens is 315 g/mol. The molecule has 0 bridgehead atoms. The van der Waals surface area contributed by atoms with Gasteiger partial charge in [-0.1, -0.05) is 0 Å². The van der Waals surface area contributed by atoms with Crippen LogP contribution in [0.2, 0.25) is 0 Å². The second-order valence-corrected chi connectivity index (χ2v) is 7.56. The Morgan fingerprint density at radius 1 is 1.16 bits per heavy atom. The smallest absolute Gasteiger partial charge is 0.123 e. The highest BCUT2D eigenvalue weighted by Crippen LogP contribution is 2.30. The van der Waals surface area contributed by atoms with Crippen molar-refractivity contribution in [2.45, 2.75) is 44.8 Å². The Bertz CT molecular complexity index is 737. The van der Waals surface area contributed by atoms with E-state index in [4.69, 9.17) is 5.10 Å². The number of aryl methyl sites for hydroxylation is 1. The Labute approximate surface area is 149 Å². The third kappa shape index (κ3) is 3.35. The molecule has 0 radical (unpaired) electrons. The molecule has 1 aromatic heterocycles. The molecule has 1 fully saturated rings. The van der Waals surface area contributed by atoms with Gasteiger partial charge in [0, 0.05) is 48.9 Å². The Hall–Kier alpha value is -1.72. The van der Waals surface area contributed by atoms with Crippen molar-refractivity contribution in [3.8, 4) is 11.3 Å². The largest absolute Gasteiger partial charge is 0.303 e. The van der Waals surface area contributed by atoms with Gasteiger partial charge in [-0.15, -0.1) is 0 Å². The molecule has 0 N–H and O–H groups in total. The number of likely N-dealkylation sites (N-methyl/N-ethyl adjacent to an activating group) is 1. The topological polar surface area (TPSA) is 24.3 Å². The molecule has 1 aromatic carbocycles. The lowest BCUT2D eigenvalue weighted by Gasteiger charge is -2.24. The van der Waals surface area contributed by atoms with E-state index < -0.39 is 0 Å². The van der Waals surface area contributed by atoms with Crippen molar-refractivity contribution < 1.29 is 4.39 Å². The first kappa shape index (κ1) is 16.7. The molecule has 4 nitrogen and oxygen atoms in total. The van der Waals surface area contributed by atoms with Crippen LogP contribution in [0.4, 0.5) is 4.39 Å². The lowest BCUT2D eigenvalue weighted by Crippen LogP contribution is -2.29. The summed E-state index contributed by atoms with van der Waals surface area (Å²) in [6, 6.07) is 7.44. The average molecular weight is 342 g/mol. The first-order valence-corrected chi connectivity index (χ1v) is 9.35. The molecule has 2 aromatic rings. The summed E-state index contributed by atoms with van der Waals surface area (Å²) in [6.07, 6.45) is 4.81. The first-order valence-electron chi connectivity index (χ1n) is 9.35. The van der Waals surface area contributed by atoms with Gasteiger partial charge < -0.3 is 9.80 Å². The number of hydrogen-bond donors (Lipinski definition) is 0. The molecule has 0 spiro atoms. The molecule has 0 aliphatic carbocycles. The van der Waals surface area contributed by atoms with Crippen LogP contribution < -0.4 is 0 Å². The third-order valence-electron chi connectivity index (χ3n) is 5.79. The molecule has 4 rings (SSSR count). The zero-order chi connectivity index (χ0) is 17.4. The van der Waals surface area contributed by atoms with Crippen LogP contribution in [0.25, 0.3) is 11.3 Å². The SMILES string of the molecule is CN1CCc2c(c(-c3ccc(F)cc3)nn2CCC2CCCN2C)C1. The molecular formula is C20H27FN4. The van der Waals surface area contributed by atoms with Gasteiger partial charge in [-0.25, -0.2) is 4.39 Å². The van der Waals surface area contributed by atoms with E-state index in [0.717, 1.165) is 43.7 Å². The molecule has 2 aliphatic rings. The van der Waals surface area contributed by atoms with E-state index in [0.29, 0.717) is 6.04 Å². The minimum Gasteiger partial charge on any atom is -0.303 e. The fraction of sp³-hybridized carbons (Fsp3) is 0.550. The highest BCUT2D eigenvalue weighted by molar-refractivity contribution is 5.64. The molecule has 134 valence electrons. The second kappa shape index (κ2) is 6.89. The summed E-state index contributed by atoms with van der Waals surface area (Å²) in [5.74, 6) is -0.196. The van der Waals surface area contributed by atoms with Crippen LogP contribution in [0.15, 0.2) is 24.3 Å². The van der Waals surface area contributed by atoms with Crippen molar-refractivity contribution in [3.63, 3.8) is 0 Å². The van der Waals surface area contributed by atoms with E-state index >= 15 is 0 Å². The standard InChI is InChI=1S/C20H27FN4/c1-23-12-10-19-18(14-23)20(15-5-7-16(21)8-6-15)22-25(19)13-9-17-4-3-11-24(17)2/h5-8,17H,3-4,9-14H2,1-2H3. The van der Waals surface area contributed by atoms with Gasteiger partial charge in [-0.2, -0.15) is 5.10 Å². The molecule has 1 atom stereocenters. The number of aromatic nitrogens is 2. The van der Waals surface area contributed by atoms with Crippen molar-refractivity contribution in [3.05, 3.63) is 41.3 Å². The van der Waals surface area contributed by atoms with Gasteiger partial charge in [0.15, 0.2) is 0 Å². The fourth-order valence-electron chi connectivity index (χ4n) is 4.27. The van der Waals surface area contributed by atoms with Gasteiger partial charge in [0.25, 0.3) is 0 Å². The van der Waals surface area contributed by atoms with Crippen molar-refractivity contribution in [1.82, 2.24) is 19.6 Å². The quantitative estimate of drug-likeness (QED) is 0.853. The average Bonchev–Trinajstić information content (AvgIpc) is 3.17. The second-order valence-electron chi connectivity index (χ2n) is 7.56. The lowest BCUT2D eigenvalue weighted by atomic mass is 10.0. The Morgan fingerprint density at radius 3 is 2.68 bits per heavy atom. The molecule has 25 heavy (non-hydrogen) atoms. The molecule has 2 aliphatic heterocycles. The van der Waals surface area contributed by atoms with Crippen LogP contribution in [-0.4, -0.2) is 52.8 Å². The van der Waals surface area contributed by atoms with Gasteiger partial charge in [-0.05, 0) is 64.2 Å². The van der Waals surface area contributed by atoms with E-state index in [9.17, 15) is 4.39 Å². The van der Waals surface area contributed by atoms with Crippen molar-refractivity contribution in [2.24, 2.45) is 0 Å². The number of rotatable bonds is 4. The third-order valence-corrected chi connectivity index (χ3v) is 5.79.